The third kappa shape index (κ3) is 2.04. The van der Waals surface area contributed by atoms with Gasteiger partial charge in [-0.3, -0.25) is 9.48 Å². The van der Waals surface area contributed by atoms with Crippen LogP contribution in [0.1, 0.15) is 18.0 Å². The molecule has 19 heavy (non-hydrogen) atoms. The molecule has 2 unspecified atom stereocenters. The normalized spacial score (nSPS) is 23.1. The maximum atomic E-state index is 11.0. The highest BCUT2D eigenvalue weighted by Gasteiger charge is 2.31. The van der Waals surface area contributed by atoms with E-state index in [1.165, 1.54) is 0 Å². The number of nitrogens with zero attached hydrogens (tertiary/aromatic N) is 2. The molecule has 100 valence electrons. The number of aliphatic carboxylic acids is 1. The van der Waals surface area contributed by atoms with E-state index in [1.807, 2.05) is 29.9 Å². The summed E-state index contributed by atoms with van der Waals surface area (Å²) in [6.45, 7) is 0.523. The molecule has 1 saturated heterocycles. The Bertz CT molecular complexity index is 653. The summed E-state index contributed by atoms with van der Waals surface area (Å²) >= 11 is 3.45. The Labute approximate surface area is 118 Å². The molecular formula is C13H14BrN3O2. The number of benzene rings is 1. The van der Waals surface area contributed by atoms with E-state index in [4.69, 9.17) is 5.11 Å². The molecule has 2 N–H and O–H groups in total. The van der Waals surface area contributed by atoms with Gasteiger partial charge >= 0.3 is 5.97 Å². The van der Waals surface area contributed by atoms with Crippen LogP contribution in [-0.2, 0) is 11.8 Å². The van der Waals surface area contributed by atoms with Gasteiger partial charge in [-0.15, -0.1) is 0 Å². The van der Waals surface area contributed by atoms with Crippen LogP contribution in [0, 0.1) is 5.92 Å². The van der Waals surface area contributed by atoms with Crippen LogP contribution >= 0.6 is 15.9 Å². The third-order valence-corrected chi connectivity index (χ3v) is 4.29. The molecule has 0 radical (unpaired) electrons. The van der Waals surface area contributed by atoms with Gasteiger partial charge in [0.15, 0.2) is 0 Å². The molecule has 1 aliphatic rings. The van der Waals surface area contributed by atoms with Gasteiger partial charge in [0.1, 0.15) is 4.60 Å². The number of aryl methyl sites for hydroxylation is 1. The number of carbonyl (C=O) groups is 1. The number of halogens is 1. The molecule has 2 aromatic rings. The van der Waals surface area contributed by atoms with Crippen LogP contribution in [0.4, 0.5) is 0 Å². The van der Waals surface area contributed by atoms with Crippen molar-refractivity contribution in [3.8, 4) is 0 Å². The van der Waals surface area contributed by atoms with Gasteiger partial charge in [0, 0.05) is 25.0 Å². The zero-order valence-corrected chi connectivity index (χ0v) is 12.0. The van der Waals surface area contributed by atoms with Crippen LogP contribution < -0.4 is 5.32 Å². The maximum Gasteiger partial charge on any atom is 0.307 e. The molecule has 6 heteroatoms. The third-order valence-electron chi connectivity index (χ3n) is 3.71. The van der Waals surface area contributed by atoms with Crippen LogP contribution in [0.5, 0.6) is 0 Å². The lowest BCUT2D eigenvalue weighted by Crippen LogP contribution is -2.17. The smallest absolute Gasteiger partial charge is 0.307 e. The first-order chi connectivity index (χ1) is 9.08. The number of carboxylic acid groups (broad SMARTS) is 1. The van der Waals surface area contributed by atoms with E-state index in [9.17, 15) is 4.79 Å². The number of rotatable bonds is 2. The van der Waals surface area contributed by atoms with Crippen molar-refractivity contribution >= 4 is 32.8 Å². The predicted octanol–water partition coefficient (Wildman–Crippen LogP) is 2.07. The minimum atomic E-state index is -0.728. The number of hydrogen-bond donors (Lipinski definition) is 2. The number of hydrogen-bond acceptors (Lipinski definition) is 3. The highest BCUT2D eigenvalue weighted by atomic mass is 79.9. The largest absolute Gasteiger partial charge is 0.481 e. The standard InChI is InChI=1S/C13H14BrN3O2/c1-17-11-8(3-2-4-9(11)12(14)16-17)10-5-7(6-15-10)13(18)19/h2-4,7,10,15H,5-6H2,1H3,(H,18,19). The predicted molar refractivity (Wildman–Crippen MR) is 74.9 cm³/mol. The summed E-state index contributed by atoms with van der Waals surface area (Å²) in [5.74, 6) is -1.04. The van der Waals surface area contributed by atoms with Crippen molar-refractivity contribution in [3.05, 3.63) is 28.4 Å². The van der Waals surface area contributed by atoms with E-state index in [1.54, 1.807) is 0 Å². The summed E-state index contributed by atoms with van der Waals surface area (Å²) in [5, 5.41) is 17.8. The van der Waals surface area contributed by atoms with Gasteiger partial charge in [0.05, 0.1) is 11.4 Å². The van der Waals surface area contributed by atoms with Crippen LogP contribution in [0.2, 0.25) is 0 Å². The maximum absolute atomic E-state index is 11.0. The Morgan fingerprint density at radius 1 is 1.58 bits per heavy atom. The van der Waals surface area contributed by atoms with Crippen molar-refractivity contribution in [2.45, 2.75) is 12.5 Å². The minimum Gasteiger partial charge on any atom is -0.481 e. The van der Waals surface area contributed by atoms with Gasteiger partial charge < -0.3 is 10.4 Å². The van der Waals surface area contributed by atoms with Crippen molar-refractivity contribution in [3.63, 3.8) is 0 Å². The molecule has 2 atom stereocenters. The van der Waals surface area contributed by atoms with Crippen molar-refractivity contribution < 1.29 is 9.90 Å². The average molecular weight is 324 g/mol. The lowest BCUT2D eigenvalue weighted by atomic mass is 9.98. The van der Waals surface area contributed by atoms with Crippen LogP contribution in [0.25, 0.3) is 10.9 Å². The highest BCUT2D eigenvalue weighted by molar-refractivity contribution is 9.10. The summed E-state index contributed by atoms with van der Waals surface area (Å²) in [6, 6.07) is 6.12. The molecule has 0 aliphatic carbocycles. The molecule has 3 rings (SSSR count). The Morgan fingerprint density at radius 2 is 2.37 bits per heavy atom. The van der Waals surface area contributed by atoms with E-state index < -0.39 is 5.97 Å². The average Bonchev–Trinajstić information content (AvgIpc) is 2.96. The molecule has 2 heterocycles. The van der Waals surface area contributed by atoms with Crippen molar-refractivity contribution in [1.82, 2.24) is 15.1 Å². The molecule has 1 fully saturated rings. The van der Waals surface area contributed by atoms with E-state index >= 15 is 0 Å². The van der Waals surface area contributed by atoms with E-state index in [0.29, 0.717) is 13.0 Å². The lowest BCUT2D eigenvalue weighted by molar-refractivity contribution is -0.141. The second-order valence-corrected chi connectivity index (χ2v) is 5.64. The number of para-hydroxylation sites is 1. The number of nitrogens with one attached hydrogen (secondary N) is 1. The minimum absolute atomic E-state index is 0.0760. The Balaban J connectivity index is 2.04. The number of fused-ring (bicyclic) bond motifs is 1. The first-order valence-electron chi connectivity index (χ1n) is 6.15. The van der Waals surface area contributed by atoms with Gasteiger partial charge in [0.25, 0.3) is 0 Å². The summed E-state index contributed by atoms with van der Waals surface area (Å²) < 4.78 is 2.66. The summed E-state index contributed by atoms with van der Waals surface area (Å²) in [5.41, 5.74) is 2.17. The Kier molecular flexibility index (Phi) is 3.06. The van der Waals surface area contributed by atoms with Gasteiger partial charge in [-0.05, 0) is 27.9 Å². The van der Waals surface area contributed by atoms with Crippen LogP contribution in [-0.4, -0.2) is 27.4 Å². The SMILES string of the molecule is Cn1nc(Br)c2cccc(C3CC(C(=O)O)CN3)c21. The Hall–Kier alpha value is -1.40. The van der Waals surface area contributed by atoms with Crippen molar-refractivity contribution in [2.24, 2.45) is 13.0 Å². The molecule has 0 saturated carbocycles. The highest BCUT2D eigenvalue weighted by Crippen LogP contribution is 2.34. The molecule has 0 amide bonds. The zero-order valence-electron chi connectivity index (χ0n) is 10.4. The molecule has 0 bridgehead atoms. The zero-order chi connectivity index (χ0) is 13.6. The Morgan fingerprint density at radius 3 is 3.05 bits per heavy atom. The van der Waals surface area contributed by atoms with Gasteiger partial charge in [0.2, 0.25) is 0 Å². The molecule has 1 aromatic carbocycles. The van der Waals surface area contributed by atoms with Gasteiger partial charge in [-0.2, -0.15) is 5.10 Å². The summed E-state index contributed by atoms with van der Waals surface area (Å²) in [4.78, 5) is 11.0. The second-order valence-electron chi connectivity index (χ2n) is 4.89. The molecule has 0 spiro atoms. The van der Waals surface area contributed by atoms with Crippen molar-refractivity contribution in [1.29, 1.82) is 0 Å². The van der Waals surface area contributed by atoms with Crippen molar-refractivity contribution in [2.75, 3.05) is 6.54 Å². The van der Waals surface area contributed by atoms with E-state index in [0.717, 1.165) is 21.1 Å². The number of carboxylic acids is 1. The first kappa shape index (κ1) is 12.6. The van der Waals surface area contributed by atoms with Gasteiger partial charge in [-0.1, -0.05) is 18.2 Å². The fourth-order valence-corrected chi connectivity index (χ4v) is 3.32. The molecule has 1 aliphatic heterocycles. The first-order valence-corrected chi connectivity index (χ1v) is 6.94. The quantitative estimate of drug-likeness (QED) is 0.887. The summed E-state index contributed by atoms with van der Waals surface area (Å²) in [6.07, 6.45) is 0.622. The number of aromatic nitrogens is 2. The fourth-order valence-electron chi connectivity index (χ4n) is 2.77. The molecule has 1 aromatic heterocycles. The fraction of sp³-hybridized carbons (Fsp3) is 0.385. The summed E-state index contributed by atoms with van der Waals surface area (Å²) in [7, 11) is 1.90. The van der Waals surface area contributed by atoms with Crippen LogP contribution in [0.15, 0.2) is 22.8 Å². The van der Waals surface area contributed by atoms with Gasteiger partial charge in [-0.25, -0.2) is 0 Å². The van der Waals surface area contributed by atoms with E-state index in [-0.39, 0.29) is 12.0 Å². The van der Waals surface area contributed by atoms with Crippen LogP contribution in [0.3, 0.4) is 0 Å². The van der Waals surface area contributed by atoms with E-state index in [2.05, 4.69) is 26.3 Å². The lowest BCUT2D eigenvalue weighted by Gasteiger charge is -2.12. The monoisotopic (exact) mass is 323 g/mol. The topological polar surface area (TPSA) is 67.2 Å². The second kappa shape index (κ2) is 4.61. The molecular weight excluding hydrogens is 310 g/mol. The molecule has 5 nitrogen and oxygen atoms in total.